The first-order chi connectivity index (χ1) is 19.3. The second-order valence-corrected chi connectivity index (χ2v) is 15.9. The van der Waals surface area contributed by atoms with E-state index in [1.165, 1.54) is 41.5 Å². The monoisotopic (exact) mass is 575 g/mol. The number of nitrogens with zero attached hydrogens (tertiary/aromatic N) is 1. The molecule has 0 radical (unpaired) electrons. The van der Waals surface area contributed by atoms with Crippen LogP contribution in [0.1, 0.15) is 114 Å². The number of fused-ring (bicyclic) bond motifs is 1. The first-order valence-corrected chi connectivity index (χ1v) is 15.9. The lowest BCUT2D eigenvalue weighted by atomic mass is 9.72. The highest BCUT2D eigenvalue weighted by Crippen LogP contribution is 2.39. The Bertz CT molecular complexity index is 1330. The molecule has 3 rings (SSSR count). The van der Waals surface area contributed by atoms with Crippen molar-refractivity contribution in [2.75, 3.05) is 0 Å². The van der Waals surface area contributed by atoms with Crippen LogP contribution in [0.4, 0.5) is 0 Å². The normalized spacial score (nSPS) is 13.8. The number of hydrogen-bond donors (Lipinski definition) is 0. The number of carbonyl (C=O) groups is 1. The average molecular weight is 576 g/mol. The topological polar surface area (TPSA) is 40.5 Å². The van der Waals surface area contributed by atoms with Crippen LogP contribution < -0.4 is 4.74 Å². The van der Waals surface area contributed by atoms with E-state index in [4.69, 9.17) is 9.47 Å². The van der Waals surface area contributed by atoms with Gasteiger partial charge in [0.1, 0.15) is 17.0 Å². The van der Waals surface area contributed by atoms with Crippen LogP contribution in [0, 0.1) is 16.7 Å². The molecule has 3 aromatic rings. The standard InChI is InChI=1S/C38H57NO3/c1-13-14-15-16-27-17-19-28(20-18-27)32-23-29-21-22-30(24-33(29)39(32)12)41-37(8,9)26-38(10,11)42-34(40)31(36(5,6)7)25-35(2,3)4/h17-24,31H,13-16,25-26H2,1-12H3. The Hall–Kier alpha value is -2.75. The summed E-state index contributed by atoms with van der Waals surface area (Å²) in [6.45, 7) is 23.3. The van der Waals surface area contributed by atoms with Crippen LogP contribution in [-0.2, 0) is 23.0 Å². The van der Waals surface area contributed by atoms with Gasteiger partial charge in [0.15, 0.2) is 0 Å². The van der Waals surface area contributed by atoms with Crippen molar-refractivity contribution in [3.8, 4) is 17.0 Å². The summed E-state index contributed by atoms with van der Waals surface area (Å²) in [7, 11) is 2.12. The number of aromatic nitrogens is 1. The quantitative estimate of drug-likeness (QED) is 0.159. The van der Waals surface area contributed by atoms with Crippen LogP contribution in [0.3, 0.4) is 0 Å². The lowest BCUT2D eigenvalue weighted by Crippen LogP contribution is -2.43. The molecule has 4 heteroatoms. The van der Waals surface area contributed by atoms with Crippen molar-refractivity contribution in [3.63, 3.8) is 0 Å². The molecule has 0 saturated heterocycles. The van der Waals surface area contributed by atoms with Gasteiger partial charge in [-0.15, -0.1) is 0 Å². The SMILES string of the molecule is CCCCCc1ccc(-c2cc3ccc(OC(C)(C)CC(C)(C)OC(=O)C(CC(C)(C)C)C(C)(C)C)cc3n2C)cc1. The first-order valence-electron chi connectivity index (χ1n) is 15.9. The van der Waals surface area contributed by atoms with Gasteiger partial charge in [-0.25, -0.2) is 0 Å². The zero-order valence-corrected chi connectivity index (χ0v) is 28.6. The number of hydrogen-bond acceptors (Lipinski definition) is 3. The molecule has 4 nitrogen and oxygen atoms in total. The number of rotatable bonds is 12. The highest BCUT2D eigenvalue weighted by atomic mass is 16.6. The first kappa shape index (κ1) is 33.7. The van der Waals surface area contributed by atoms with Gasteiger partial charge in [0.2, 0.25) is 0 Å². The van der Waals surface area contributed by atoms with E-state index in [-0.39, 0.29) is 22.7 Å². The molecule has 42 heavy (non-hydrogen) atoms. The van der Waals surface area contributed by atoms with Gasteiger partial charge < -0.3 is 14.0 Å². The zero-order chi connectivity index (χ0) is 31.5. The molecule has 1 atom stereocenters. The highest BCUT2D eigenvalue weighted by molar-refractivity contribution is 5.88. The third kappa shape index (κ3) is 9.38. The molecule has 0 saturated carbocycles. The number of esters is 1. The molecule has 0 bridgehead atoms. The van der Waals surface area contributed by atoms with Crippen LogP contribution in [0.15, 0.2) is 48.5 Å². The van der Waals surface area contributed by atoms with Crippen molar-refractivity contribution in [1.29, 1.82) is 0 Å². The Kier molecular flexibility index (Phi) is 10.3. The maximum absolute atomic E-state index is 13.4. The van der Waals surface area contributed by atoms with E-state index >= 15 is 0 Å². The van der Waals surface area contributed by atoms with E-state index in [9.17, 15) is 4.79 Å². The van der Waals surface area contributed by atoms with Crippen LogP contribution in [0.25, 0.3) is 22.2 Å². The van der Waals surface area contributed by atoms with Crippen LogP contribution in [0.2, 0.25) is 0 Å². The van der Waals surface area contributed by atoms with Crippen molar-refractivity contribution in [1.82, 2.24) is 4.57 Å². The fraction of sp³-hybridized carbons (Fsp3) is 0.605. The zero-order valence-electron chi connectivity index (χ0n) is 28.6. The van der Waals surface area contributed by atoms with Gasteiger partial charge in [0.05, 0.1) is 11.4 Å². The molecule has 1 unspecified atom stereocenters. The van der Waals surface area contributed by atoms with Crippen LogP contribution >= 0.6 is 0 Å². The molecule has 0 amide bonds. The molecule has 0 aliphatic heterocycles. The minimum Gasteiger partial charge on any atom is -0.488 e. The summed E-state index contributed by atoms with van der Waals surface area (Å²) in [5, 5.41) is 1.19. The van der Waals surface area contributed by atoms with Gasteiger partial charge in [-0.3, -0.25) is 4.79 Å². The maximum atomic E-state index is 13.4. The molecule has 0 spiro atoms. The predicted octanol–water partition coefficient (Wildman–Crippen LogP) is 10.5. The number of aryl methyl sites for hydroxylation is 2. The summed E-state index contributed by atoms with van der Waals surface area (Å²) < 4.78 is 15.0. The van der Waals surface area contributed by atoms with Gasteiger partial charge in [-0.1, -0.05) is 85.6 Å². The molecule has 0 aliphatic carbocycles. The summed E-state index contributed by atoms with van der Waals surface area (Å²) in [5.74, 6) is 0.519. The van der Waals surface area contributed by atoms with Gasteiger partial charge in [0.25, 0.3) is 0 Å². The fourth-order valence-electron chi connectivity index (χ4n) is 6.19. The van der Waals surface area contributed by atoms with Crippen molar-refractivity contribution < 1.29 is 14.3 Å². The van der Waals surface area contributed by atoms with E-state index < -0.39 is 11.2 Å². The molecular formula is C38H57NO3. The van der Waals surface area contributed by atoms with Gasteiger partial charge in [-0.2, -0.15) is 0 Å². The van der Waals surface area contributed by atoms with Crippen LogP contribution in [0.5, 0.6) is 5.75 Å². The summed E-state index contributed by atoms with van der Waals surface area (Å²) in [6.07, 6.45) is 6.27. The van der Waals surface area contributed by atoms with Crippen LogP contribution in [-0.4, -0.2) is 21.7 Å². The molecule has 0 fully saturated rings. The lowest BCUT2D eigenvalue weighted by Gasteiger charge is -2.39. The van der Waals surface area contributed by atoms with E-state index in [1.807, 2.05) is 19.9 Å². The van der Waals surface area contributed by atoms with Crippen molar-refractivity contribution >= 4 is 16.9 Å². The fourth-order valence-corrected chi connectivity index (χ4v) is 6.19. The number of benzene rings is 2. The smallest absolute Gasteiger partial charge is 0.310 e. The number of ether oxygens (including phenoxy) is 2. The summed E-state index contributed by atoms with van der Waals surface area (Å²) in [4.78, 5) is 13.4. The second kappa shape index (κ2) is 12.9. The molecular weight excluding hydrogens is 518 g/mol. The van der Waals surface area contributed by atoms with E-state index in [0.29, 0.717) is 6.42 Å². The molecule has 0 N–H and O–H groups in total. The van der Waals surface area contributed by atoms with Gasteiger partial charge in [0, 0.05) is 30.6 Å². The maximum Gasteiger partial charge on any atom is 0.310 e. The Morgan fingerprint density at radius 3 is 2.05 bits per heavy atom. The predicted molar refractivity (Wildman–Crippen MR) is 178 cm³/mol. The number of unbranched alkanes of at least 4 members (excludes halogenated alkanes) is 2. The molecule has 232 valence electrons. The molecule has 0 aliphatic rings. The Balaban J connectivity index is 1.74. The highest BCUT2D eigenvalue weighted by Gasteiger charge is 2.40. The van der Waals surface area contributed by atoms with Gasteiger partial charge >= 0.3 is 5.97 Å². The van der Waals surface area contributed by atoms with Gasteiger partial charge in [-0.05, 0) is 87.1 Å². The largest absolute Gasteiger partial charge is 0.488 e. The minimum atomic E-state index is -0.674. The van der Waals surface area contributed by atoms with Crippen molar-refractivity contribution in [2.45, 2.75) is 126 Å². The third-order valence-corrected chi connectivity index (χ3v) is 8.10. The summed E-state index contributed by atoms with van der Waals surface area (Å²) in [5.41, 5.74) is 3.60. The Labute approximate surface area is 256 Å². The summed E-state index contributed by atoms with van der Waals surface area (Å²) in [6, 6.07) is 17.6. The molecule has 1 aromatic heterocycles. The Morgan fingerprint density at radius 1 is 0.833 bits per heavy atom. The van der Waals surface area contributed by atoms with E-state index in [0.717, 1.165) is 24.1 Å². The third-order valence-electron chi connectivity index (χ3n) is 8.10. The molecule has 2 aromatic carbocycles. The lowest BCUT2D eigenvalue weighted by molar-refractivity contribution is -0.170. The van der Waals surface area contributed by atoms with Crippen molar-refractivity contribution in [2.24, 2.45) is 23.8 Å². The number of carbonyl (C=O) groups excluding carboxylic acids is 1. The Morgan fingerprint density at radius 2 is 1.48 bits per heavy atom. The molecule has 1 heterocycles. The summed E-state index contributed by atoms with van der Waals surface area (Å²) >= 11 is 0. The second-order valence-electron chi connectivity index (χ2n) is 15.9. The van der Waals surface area contributed by atoms with Crippen molar-refractivity contribution in [3.05, 3.63) is 54.1 Å². The van der Waals surface area contributed by atoms with E-state index in [2.05, 4.69) is 116 Å². The van der Waals surface area contributed by atoms with E-state index in [1.54, 1.807) is 0 Å². The average Bonchev–Trinajstić information content (AvgIpc) is 3.16. The minimum absolute atomic E-state index is 0.0383.